The zero-order valence-corrected chi connectivity index (χ0v) is 19.4. The van der Waals surface area contributed by atoms with E-state index in [1.807, 2.05) is 6.07 Å². The fourth-order valence-electron chi connectivity index (χ4n) is 2.86. The average Bonchev–Trinajstić information content (AvgIpc) is 2.68. The number of nitrogens with one attached hydrogen (secondary N) is 3. The molecule has 0 aromatic heterocycles. The highest BCUT2D eigenvalue weighted by atomic mass is 32.2. The normalized spacial score (nSPS) is 12.8. The Hall–Kier alpha value is -1.64. The summed E-state index contributed by atoms with van der Waals surface area (Å²) in [5, 5.41) is 6.64. The molecule has 0 bridgehead atoms. The van der Waals surface area contributed by atoms with Gasteiger partial charge in [0.2, 0.25) is 10.0 Å². The Morgan fingerprint density at radius 2 is 1.97 bits per heavy atom. The van der Waals surface area contributed by atoms with Gasteiger partial charge >= 0.3 is 0 Å². The molecule has 0 spiro atoms. The molecule has 0 heterocycles. The Balaban J connectivity index is 2.60. The van der Waals surface area contributed by atoms with Crippen molar-refractivity contribution in [3.63, 3.8) is 0 Å². The quantitative estimate of drug-likeness (QED) is 0.256. The Morgan fingerprint density at radius 3 is 2.62 bits per heavy atom. The Morgan fingerprint density at radius 1 is 1.21 bits per heavy atom. The number of benzene rings is 1. The predicted molar refractivity (Wildman–Crippen MR) is 120 cm³/mol. The number of nitrogens with zero attached hydrogens (tertiary/aromatic N) is 1. The molecule has 0 saturated heterocycles. The average molecular weight is 427 g/mol. The minimum atomic E-state index is -3.54. The molecule has 0 aliphatic carbocycles. The topological polar surface area (TPSA) is 91.8 Å². The summed E-state index contributed by atoms with van der Waals surface area (Å²) < 4.78 is 32.1. The van der Waals surface area contributed by atoms with Gasteiger partial charge in [-0.2, -0.15) is 0 Å². The van der Waals surface area contributed by atoms with Gasteiger partial charge in [-0.25, -0.2) is 13.1 Å². The molecule has 1 aromatic carbocycles. The second kappa shape index (κ2) is 12.8. The van der Waals surface area contributed by atoms with Gasteiger partial charge in [-0.05, 0) is 29.5 Å². The molecule has 0 unspecified atom stereocenters. The zero-order chi connectivity index (χ0) is 21.8. The van der Waals surface area contributed by atoms with Crippen molar-refractivity contribution in [2.75, 3.05) is 33.9 Å². The largest absolute Gasteiger partial charge is 0.383 e. The maximum absolute atomic E-state index is 12.4. The van der Waals surface area contributed by atoms with Gasteiger partial charge in [0.25, 0.3) is 0 Å². The number of guanidine groups is 1. The summed E-state index contributed by atoms with van der Waals surface area (Å²) in [6, 6.07) is 6.90. The minimum absolute atomic E-state index is 0.189. The van der Waals surface area contributed by atoms with Crippen molar-refractivity contribution in [3.05, 3.63) is 29.8 Å². The van der Waals surface area contributed by atoms with Crippen LogP contribution in [-0.2, 0) is 21.3 Å². The molecule has 8 heteroatoms. The second-order valence-electron chi connectivity index (χ2n) is 7.94. The van der Waals surface area contributed by atoms with Gasteiger partial charge in [-0.3, -0.25) is 4.99 Å². The lowest BCUT2D eigenvalue weighted by atomic mass is 9.87. The number of sulfonamides is 1. The van der Waals surface area contributed by atoms with Crippen molar-refractivity contribution in [2.24, 2.45) is 10.4 Å². The molecule has 0 atom stereocenters. The summed E-state index contributed by atoms with van der Waals surface area (Å²) in [6.07, 6.45) is 4.89. The summed E-state index contributed by atoms with van der Waals surface area (Å²) in [5.74, 6) is 0.708. The van der Waals surface area contributed by atoms with Crippen molar-refractivity contribution >= 4 is 16.0 Å². The number of unbranched alkanes of at least 4 members (excludes halogenated alkanes) is 2. The van der Waals surface area contributed by atoms with Gasteiger partial charge in [0.05, 0.1) is 11.5 Å². The molecular formula is C21H38N4O3S. The molecule has 29 heavy (non-hydrogen) atoms. The maximum Gasteiger partial charge on any atom is 0.240 e. The SMILES string of the molecule is CCCCCC(C)(C)CNC(=NC)NCc1cccc(S(=O)(=O)NCCOC)c1. The molecule has 0 radical (unpaired) electrons. The van der Waals surface area contributed by atoms with Crippen molar-refractivity contribution in [2.45, 2.75) is 57.9 Å². The van der Waals surface area contributed by atoms with Crippen molar-refractivity contribution in [1.82, 2.24) is 15.4 Å². The first kappa shape index (κ1) is 25.4. The lowest BCUT2D eigenvalue weighted by Crippen LogP contribution is -2.41. The van der Waals surface area contributed by atoms with Crippen LogP contribution in [0.2, 0.25) is 0 Å². The smallest absolute Gasteiger partial charge is 0.240 e. The predicted octanol–water partition coefficient (Wildman–Crippen LogP) is 2.88. The molecular weight excluding hydrogens is 388 g/mol. The first-order chi connectivity index (χ1) is 13.7. The molecule has 0 amide bonds. The third-order valence-corrected chi connectivity index (χ3v) is 6.14. The lowest BCUT2D eigenvalue weighted by Gasteiger charge is -2.26. The van der Waals surface area contributed by atoms with E-state index in [2.05, 4.69) is 41.1 Å². The summed E-state index contributed by atoms with van der Waals surface area (Å²) >= 11 is 0. The van der Waals surface area contributed by atoms with Crippen LogP contribution in [0, 0.1) is 5.41 Å². The van der Waals surface area contributed by atoms with Crippen LogP contribution in [0.15, 0.2) is 34.2 Å². The summed E-state index contributed by atoms with van der Waals surface area (Å²) in [6.45, 7) is 8.61. The van der Waals surface area contributed by atoms with Crippen LogP contribution >= 0.6 is 0 Å². The summed E-state index contributed by atoms with van der Waals surface area (Å²) in [7, 11) is -0.272. The van der Waals surface area contributed by atoms with Gasteiger partial charge in [0, 0.05) is 33.8 Å². The summed E-state index contributed by atoms with van der Waals surface area (Å²) in [5.41, 5.74) is 1.05. The summed E-state index contributed by atoms with van der Waals surface area (Å²) in [4.78, 5) is 4.52. The molecule has 0 aliphatic rings. The van der Waals surface area contributed by atoms with Crippen LogP contribution in [0.1, 0.15) is 52.0 Å². The number of ether oxygens (including phenoxy) is 1. The number of hydrogen-bond donors (Lipinski definition) is 3. The molecule has 0 aliphatic heterocycles. The Labute approximate surface area is 176 Å². The molecule has 0 fully saturated rings. The minimum Gasteiger partial charge on any atom is -0.383 e. The lowest BCUT2D eigenvalue weighted by molar-refractivity contribution is 0.204. The molecule has 3 N–H and O–H groups in total. The highest BCUT2D eigenvalue weighted by Gasteiger charge is 2.18. The fraction of sp³-hybridized carbons (Fsp3) is 0.667. The van der Waals surface area contributed by atoms with Gasteiger partial charge < -0.3 is 15.4 Å². The van der Waals surface area contributed by atoms with Crippen LogP contribution in [0.5, 0.6) is 0 Å². The van der Waals surface area contributed by atoms with E-state index in [9.17, 15) is 8.42 Å². The third-order valence-electron chi connectivity index (χ3n) is 4.68. The number of aliphatic imine (C=N–C) groups is 1. The third kappa shape index (κ3) is 10.1. The maximum atomic E-state index is 12.4. The Bertz CT molecular complexity index is 733. The van der Waals surface area contributed by atoms with Gasteiger partial charge in [-0.15, -0.1) is 0 Å². The van der Waals surface area contributed by atoms with Crippen LogP contribution in [0.3, 0.4) is 0 Å². The zero-order valence-electron chi connectivity index (χ0n) is 18.5. The van der Waals surface area contributed by atoms with E-state index in [-0.39, 0.29) is 16.9 Å². The Kier molecular flexibility index (Phi) is 11.2. The first-order valence-corrected chi connectivity index (χ1v) is 11.7. The fourth-order valence-corrected chi connectivity index (χ4v) is 3.94. The van der Waals surface area contributed by atoms with E-state index in [0.717, 1.165) is 12.1 Å². The molecule has 1 aromatic rings. The number of methoxy groups -OCH3 is 1. The van der Waals surface area contributed by atoms with E-state index in [4.69, 9.17) is 4.74 Å². The van der Waals surface area contributed by atoms with E-state index < -0.39 is 10.0 Å². The highest BCUT2D eigenvalue weighted by molar-refractivity contribution is 7.89. The van der Waals surface area contributed by atoms with Crippen LogP contribution in [0.4, 0.5) is 0 Å². The van der Waals surface area contributed by atoms with Crippen molar-refractivity contribution in [1.29, 1.82) is 0 Å². The molecule has 0 saturated carbocycles. The van der Waals surface area contributed by atoms with Gasteiger partial charge in [0.1, 0.15) is 0 Å². The van der Waals surface area contributed by atoms with Gasteiger partial charge in [-0.1, -0.05) is 52.2 Å². The monoisotopic (exact) mass is 426 g/mol. The van der Waals surface area contributed by atoms with Crippen LogP contribution in [-0.4, -0.2) is 48.2 Å². The van der Waals surface area contributed by atoms with Crippen LogP contribution < -0.4 is 15.4 Å². The number of hydrogen-bond acceptors (Lipinski definition) is 4. The molecule has 7 nitrogen and oxygen atoms in total. The molecule has 1 rings (SSSR count). The van der Waals surface area contributed by atoms with E-state index in [1.54, 1.807) is 25.2 Å². The van der Waals surface area contributed by atoms with Crippen molar-refractivity contribution < 1.29 is 13.2 Å². The van der Waals surface area contributed by atoms with Crippen LogP contribution in [0.25, 0.3) is 0 Å². The number of rotatable bonds is 13. The van der Waals surface area contributed by atoms with E-state index >= 15 is 0 Å². The second-order valence-corrected chi connectivity index (χ2v) is 9.71. The van der Waals surface area contributed by atoms with Crippen molar-refractivity contribution in [3.8, 4) is 0 Å². The van der Waals surface area contributed by atoms with E-state index in [1.165, 1.54) is 32.8 Å². The highest BCUT2D eigenvalue weighted by Crippen LogP contribution is 2.22. The standard InChI is InChI=1S/C21H38N4O3S/c1-6-7-8-12-21(2,3)17-24-20(22-4)23-16-18-10-9-11-19(15-18)29(26,27)25-13-14-28-5/h9-11,15,25H,6-8,12-14,16-17H2,1-5H3,(H2,22,23,24). The van der Waals surface area contributed by atoms with E-state index in [0.29, 0.717) is 19.1 Å². The first-order valence-electron chi connectivity index (χ1n) is 10.3. The van der Waals surface area contributed by atoms with Gasteiger partial charge in [0.15, 0.2) is 5.96 Å². The molecule has 166 valence electrons.